The molecule has 0 heterocycles. The van der Waals surface area contributed by atoms with Crippen LogP contribution in [0.4, 0.5) is 0 Å². The van der Waals surface area contributed by atoms with Crippen molar-refractivity contribution in [1.29, 1.82) is 0 Å². The molecular formula is C7H8BClO3. The Hall–Kier alpha value is -0.835. The minimum absolute atomic E-state index is 0. The van der Waals surface area contributed by atoms with E-state index in [0.717, 1.165) is 0 Å². The normalized spacial score (nSPS) is 8.50. The fourth-order valence-corrected chi connectivity index (χ4v) is 0.853. The first-order chi connectivity index (χ1) is 5.25. The molecule has 0 aliphatic rings. The SMILES string of the molecule is Cl.O=Cc1ccccc1B(O)O. The standard InChI is InChI=1S/C7H7BO3.ClH/c9-5-6-3-1-2-4-7(6)8(10)11;/h1-5,10-11H;1H. The van der Waals surface area contributed by atoms with E-state index in [9.17, 15) is 4.79 Å². The Morgan fingerprint density at radius 1 is 1.25 bits per heavy atom. The van der Waals surface area contributed by atoms with Crippen LogP contribution in [0.25, 0.3) is 0 Å². The summed E-state index contributed by atoms with van der Waals surface area (Å²) in [6.45, 7) is 0. The van der Waals surface area contributed by atoms with Gasteiger partial charge in [-0.15, -0.1) is 12.4 Å². The van der Waals surface area contributed by atoms with Crippen molar-refractivity contribution in [3.8, 4) is 0 Å². The molecule has 0 aliphatic carbocycles. The van der Waals surface area contributed by atoms with E-state index in [2.05, 4.69) is 0 Å². The van der Waals surface area contributed by atoms with Gasteiger partial charge in [0.1, 0.15) is 6.29 Å². The van der Waals surface area contributed by atoms with E-state index in [1.54, 1.807) is 12.1 Å². The number of benzene rings is 1. The number of hydrogen-bond acceptors (Lipinski definition) is 3. The summed E-state index contributed by atoms with van der Waals surface area (Å²) in [4.78, 5) is 10.3. The highest BCUT2D eigenvalue weighted by atomic mass is 35.5. The molecule has 0 saturated heterocycles. The van der Waals surface area contributed by atoms with Crippen LogP contribution >= 0.6 is 12.4 Å². The van der Waals surface area contributed by atoms with E-state index >= 15 is 0 Å². The first kappa shape index (κ1) is 11.2. The van der Waals surface area contributed by atoms with Crippen LogP contribution in [0.1, 0.15) is 10.4 Å². The lowest BCUT2D eigenvalue weighted by molar-refractivity contribution is 0.112. The third-order valence-corrected chi connectivity index (χ3v) is 1.40. The molecule has 0 amide bonds. The Morgan fingerprint density at radius 3 is 2.25 bits per heavy atom. The highest BCUT2D eigenvalue weighted by molar-refractivity contribution is 6.60. The Labute approximate surface area is 76.6 Å². The van der Waals surface area contributed by atoms with E-state index in [1.807, 2.05) is 0 Å². The molecule has 0 spiro atoms. The number of aldehydes is 1. The van der Waals surface area contributed by atoms with Crippen molar-refractivity contribution in [2.75, 3.05) is 0 Å². The van der Waals surface area contributed by atoms with Crippen molar-refractivity contribution < 1.29 is 14.8 Å². The first-order valence-electron chi connectivity index (χ1n) is 3.16. The number of rotatable bonds is 2. The zero-order valence-corrected chi connectivity index (χ0v) is 6.99. The van der Waals surface area contributed by atoms with Crippen molar-refractivity contribution in [1.82, 2.24) is 0 Å². The van der Waals surface area contributed by atoms with Gasteiger partial charge in [0.2, 0.25) is 0 Å². The summed E-state index contributed by atoms with van der Waals surface area (Å²) >= 11 is 0. The largest absolute Gasteiger partial charge is 0.489 e. The minimum atomic E-state index is -1.57. The van der Waals surface area contributed by atoms with Gasteiger partial charge in [0, 0.05) is 5.56 Å². The van der Waals surface area contributed by atoms with Crippen molar-refractivity contribution in [2.24, 2.45) is 0 Å². The lowest BCUT2D eigenvalue weighted by Gasteiger charge is -2.00. The van der Waals surface area contributed by atoms with E-state index in [0.29, 0.717) is 11.8 Å². The van der Waals surface area contributed by atoms with Gasteiger partial charge >= 0.3 is 7.12 Å². The molecule has 0 radical (unpaired) electrons. The zero-order valence-electron chi connectivity index (χ0n) is 6.18. The molecule has 0 aliphatic heterocycles. The molecule has 0 bridgehead atoms. The summed E-state index contributed by atoms with van der Waals surface area (Å²) in [5.41, 5.74) is 0.546. The van der Waals surface area contributed by atoms with Crippen LogP contribution in [-0.2, 0) is 0 Å². The van der Waals surface area contributed by atoms with Gasteiger partial charge in [0.05, 0.1) is 0 Å². The third-order valence-electron chi connectivity index (χ3n) is 1.40. The van der Waals surface area contributed by atoms with Gasteiger partial charge < -0.3 is 10.0 Å². The average molecular weight is 186 g/mol. The summed E-state index contributed by atoms with van der Waals surface area (Å²) in [5, 5.41) is 17.5. The van der Waals surface area contributed by atoms with E-state index in [-0.39, 0.29) is 17.9 Å². The highest BCUT2D eigenvalue weighted by Crippen LogP contribution is 1.92. The molecule has 3 nitrogen and oxygen atoms in total. The molecule has 64 valence electrons. The molecule has 0 fully saturated rings. The molecular weight excluding hydrogens is 178 g/mol. The van der Waals surface area contributed by atoms with Crippen molar-refractivity contribution in [3.63, 3.8) is 0 Å². The molecule has 0 atom stereocenters. The Balaban J connectivity index is 0.00000121. The van der Waals surface area contributed by atoms with Gasteiger partial charge in [-0.1, -0.05) is 24.3 Å². The molecule has 0 unspecified atom stereocenters. The summed E-state index contributed by atoms with van der Waals surface area (Å²) in [6.07, 6.45) is 0.592. The molecule has 2 N–H and O–H groups in total. The highest BCUT2D eigenvalue weighted by Gasteiger charge is 2.13. The first-order valence-corrected chi connectivity index (χ1v) is 3.16. The zero-order chi connectivity index (χ0) is 8.27. The number of hydrogen-bond donors (Lipinski definition) is 2. The quantitative estimate of drug-likeness (QED) is 0.488. The lowest BCUT2D eigenvalue weighted by atomic mass is 9.77. The molecule has 1 rings (SSSR count). The van der Waals surface area contributed by atoms with Crippen LogP contribution < -0.4 is 5.46 Å². The van der Waals surface area contributed by atoms with Crippen LogP contribution in [-0.4, -0.2) is 23.5 Å². The number of carbonyl (C=O) groups excluding carboxylic acids is 1. The van der Waals surface area contributed by atoms with Crippen molar-refractivity contribution >= 4 is 31.3 Å². The molecule has 1 aromatic rings. The van der Waals surface area contributed by atoms with Gasteiger partial charge in [-0.25, -0.2) is 0 Å². The smallest absolute Gasteiger partial charge is 0.423 e. The van der Waals surface area contributed by atoms with Crippen molar-refractivity contribution in [2.45, 2.75) is 0 Å². The Kier molecular flexibility index (Phi) is 4.58. The molecule has 1 aromatic carbocycles. The summed E-state index contributed by atoms with van der Waals surface area (Å²) in [6, 6.07) is 6.33. The topological polar surface area (TPSA) is 57.5 Å². The van der Waals surface area contributed by atoms with Crippen LogP contribution in [0.2, 0.25) is 0 Å². The molecule has 0 saturated carbocycles. The maximum Gasteiger partial charge on any atom is 0.489 e. The monoisotopic (exact) mass is 186 g/mol. The second kappa shape index (κ2) is 4.93. The number of carbonyl (C=O) groups is 1. The Bertz CT molecular complexity index is 265. The minimum Gasteiger partial charge on any atom is -0.423 e. The molecule has 0 aromatic heterocycles. The maximum atomic E-state index is 10.3. The van der Waals surface area contributed by atoms with Gasteiger partial charge in [-0.05, 0) is 5.46 Å². The Morgan fingerprint density at radius 2 is 1.83 bits per heavy atom. The molecule has 12 heavy (non-hydrogen) atoms. The predicted molar refractivity (Wildman–Crippen MR) is 48.9 cm³/mol. The second-order valence-corrected chi connectivity index (χ2v) is 2.12. The number of halogens is 1. The van der Waals surface area contributed by atoms with Crippen LogP contribution in [0.15, 0.2) is 24.3 Å². The summed E-state index contributed by atoms with van der Waals surface area (Å²) in [5.74, 6) is 0. The maximum absolute atomic E-state index is 10.3. The second-order valence-electron chi connectivity index (χ2n) is 2.12. The van der Waals surface area contributed by atoms with Gasteiger partial charge in [-0.2, -0.15) is 0 Å². The van der Waals surface area contributed by atoms with E-state index in [4.69, 9.17) is 10.0 Å². The van der Waals surface area contributed by atoms with Crippen molar-refractivity contribution in [3.05, 3.63) is 29.8 Å². The molecule has 5 heteroatoms. The third kappa shape index (κ3) is 2.34. The fourth-order valence-electron chi connectivity index (χ4n) is 0.853. The van der Waals surface area contributed by atoms with Crippen LogP contribution in [0.5, 0.6) is 0 Å². The van der Waals surface area contributed by atoms with Crippen LogP contribution in [0.3, 0.4) is 0 Å². The van der Waals surface area contributed by atoms with E-state index in [1.165, 1.54) is 12.1 Å². The van der Waals surface area contributed by atoms with Gasteiger partial charge in [0.25, 0.3) is 0 Å². The van der Waals surface area contributed by atoms with Gasteiger partial charge in [0.15, 0.2) is 0 Å². The van der Waals surface area contributed by atoms with E-state index < -0.39 is 7.12 Å². The average Bonchev–Trinajstić information content (AvgIpc) is 2.04. The summed E-state index contributed by atoms with van der Waals surface area (Å²) in [7, 11) is -1.57. The van der Waals surface area contributed by atoms with Gasteiger partial charge in [-0.3, -0.25) is 4.79 Å². The summed E-state index contributed by atoms with van der Waals surface area (Å²) < 4.78 is 0. The lowest BCUT2D eigenvalue weighted by Crippen LogP contribution is -2.32. The van der Waals surface area contributed by atoms with Crippen LogP contribution in [0, 0.1) is 0 Å². The predicted octanol–water partition coefficient (Wildman–Crippen LogP) is -0.399. The fraction of sp³-hybridized carbons (Fsp3) is 0.